The number of aromatic nitrogens is 3. The van der Waals surface area contributed by atoms with Crippen LogP contribution in [0.5, 0.6) is 5.75 Å². The van der Waals surface area contributed by atoms with Gasteiger partial charge in [0.05, 0.1) is 5.56 Å². The summed E-state index contributed by atoms with van der Waals surface area (Å²) in [5.74, 6) is 0.342. The number of ether oxygens (including phenoxy) is 1. The summed E-state index contributed by atoms with van der Waals surface area (Å²) >= 11 is 0. The first-order chi connectivity index (χ1) is 14.6. The number of benzene rings is 2. The number of para-hydroxylation sites is 1. The number of carbonyl (C=O) groups is 1. The Morgan fingerprint density at radius 2 is 1.97 bits per heavy atom. The minimum absolute atomic E-state index is 0.223. The number of hydrogen-bond donors (Lipinski definition) is 0. The van der Waals surface area contributed by atoms with Crippen molar-refractivity contribution in [3.8, 4) is 5.75 Å². The summed E-state index contributed by atoms with van der Waals surface area (Å²) in [6.45, 7) is 7.53. The third-order valence-electron chi connectivity index (χ3n) is 5.56. The molecule has 3 aromatic rings. The molecule has 2 aromatic carbocycles. The van der Waals surface area contributed by atoms with Crippen LogP contribution in [0.25, 0.3) is 11.0 Å². The highest BCUT2D eigenvalue weighted by Crippen LogP contribution is 2.24. The van der Waals surface area contributed by atoms with Gasteiger partial charge in [0, 0.05) is 13.1 Å². The van der Waals surface area contributed by atoms with Gasteiger partial charge in [0.2, 0.25) is 0 Å². The topological polar surface area (TPSA) is 69.5 Å². The Hall–Kier alpha value is -2.93. The Labute approximate surface area is 176 Å². The van der Waals surface area contributed by atoms with Crippen molar-refractivity contribution in [1.29, 1.82) is 0 Å². The first-order valence-electron chi connectivity index (χ1n) is 10.7. The second-order valence-electron chi connectivity index (χ2n) is 7.82. The van der Waals surface area contributed by atoms with Crippen molar-refractivity contribution in [1.82, 2.24) is 20.1 Å². The van der Waals surface area contributed by atoms with E-state index in [4.69, 9.17) is 9.57 Å². The number of aryl methyl sites for hydroxylation is 1. The summed E-state index contributed by atoms with van der Waals surface area (Å²) in [5.41, 5.74) is 2.69. The van der Waals surface area contributed by atoms with Gasteiger partial charge in [-0.2, -0.15) is 0 Å². The highest BCUT2D eigenvalue weighted by Gasteiger charge is 2.21. The van der Waals surface area contributed by atoms with Crippen LogP contribution in [-0.2, 0) is 0 Å². The molecule has 1 saturated heterocycles. The quantitative estimate of drug-likeness (QED) is 0.556. The van der Waals surface area contributed by atoms with Gasteiger partial charge in [-0.1, -0.05) is 30.3 Å². The molecule has 1 aromatic heterocycles. The van der Waals surface area contributed by atoms with Crippen molar-refractivity contribution < 1.29 is 14.4 Å². The SMILES string of the molecule is CCCCN1CCC(Oc2ccc(C(=O)On3nnc4ccccc43)cc2C)CC1. The number of fused-ring (bicyclic) bond motifs is 1. The predicted molar refractivity (Wildman–Crippen MR) is 115 cm³/mol. The molecule has 4 rings (SSSR count). The average Bonchev–Trinajstić information content (AvgIpc) is 3.17. The minimum atomic E-state index is -0.482. The Morgan fingerprint density at radius 3 is 2.73 bits per heavy atom. The van der Waals surface area contributed by atoms with E-state index >= 15 is 0 Å². The summed E-state index contributed by atoms with van der Waals surface area (Å²) in [5, 5.41) is 7.89. The third kappa shape index (κ3) is 4.62. The number of carbonyl (C=O) groups excluding carboxylic acids is 1. The number of rotatable bonds is 7. The molecule has 0 saturated carbocycles. The molecule has 1 aliphatic rings. The summed E-state index contributed by atoms with van der Waals surface area (Å²) in [6, 6.07) is 12.7. The normalized spacial score (nSPS) is 15.4. The molecule has 0 spiro atoms. The van der Waals surface area contributed by atoms with Crippen LogP contribution in [0.15, 0.2) is 42.5 Å². The fourth-order valence-electron chi connectivity index (χ4n) is 3.77. The summed E-state index contributed by atoms with van der Waals surface area (Å²) in [7, 11) is 0. The lowest BCUT2D eigenvalue weighted by atomic mass is 10.1. The zero-order valence-corrected chi connectivity index (χ0v) is 17.6. The predicted octanol–water partition coefficient (Wildman–Crippen LogP) is 3.65. The van der Waals surface area contributed by atoms with Crippen LogP contribution in [0.1, 0.15) is 48.5 Å². The van der Waals surface area contributed by atoms with Gasteiger partial charge < -0.3 is 14.5 Å². The van der Waals surface area contributed by atoms with Crippen LogP contribution in [0.4, 0.5) is 0 Å². The zero-order chi connectivity index (χ0) is 20.9. The molecule has 1 aliphatic heterocycles. The van der Waals surface area contributed by atoms with E-state index < -0.39 is 5.97 Å². The van der Waals surface area contributed by atoms with Gasteiger partial charge in [-0.3, -0.25) is 0 Å². The number of hydrogen-bond acceptors (Lipinski definition) is 6. The van der Waals surface area contributed by atoms with Gasteiger partial charge in [0.15, 0.2) is 0 Å². The summed E-state index contributed by atoms with van der Waals surface area (Å²) < 4.78 is 6.23. The number of unbranched alkanes of at least 4 members (excludes halogenated alkanes) is 1. The molecule has 2 heterocycles. The highest BCUT2D eigenvalue weighted by molar-refractivity contribution is 5.90. The highest BCUT2D eigenvalue weighted by atomic mass is 16.7. The molecular formula is C23H28N4O3. The van der Waals surface area contributed by atoms with Crippen molar-refractivity contribution in [3.63, 3.8) is 0 Å². The number of nitrogens with zero attached hydrogens (tertiary/aromatic N) is 4. The molecule has 7 heteroatoms. The van der Waals surface area contributed by atoms with Crippen LogP contribution >= 0.6 is 0 Å². The lowest BCUT2D eigenvalue weighted by Gasteiger charge is -2.32. The lowest BCUT2D eigenvalue weighted by molar-refractivity contribution is 0.0408. The molecule has 0 N–H and O–H groups in total. The van der Waals surface area contributed by atoms with Crippen LogP contribution in [0, 0.1) is 6.92 Å². The minimum Gasteiger partial charge on any atom is -0.490 e. The third-order valence-corrected chi connectivity index (χ3v) is 5.56. The Morgan fingerprint density at radius 1 is 1.17 bits per heavy atom. The van der Waals surface area contributed by atoms with Gasteiger partial charge in [-0.25, -0.2) is 4.79 Å². The van der Waals surface area contributed by atoms with Gasteiger partial charge >= 0.3 is 5.97 Å². The van der Waals surface area contributed by atoms with Crippen molar-refractivity contribution in [2.45, 2.75) is 45.6 Å². The molecule has 0 atom stereocenters. The van der Waals surface area contributed by atoms with E-state index in [0.717, 1.165) is 42.1 Å². The van der Waals surface area contributed by atoms with E-state index in [2.05, 4.69) is 22.1 Å². The van der Waals surface area contributed by atoms with Crippen LogP contribution < -0.4 is 9.57 Å². The molecule has 0 bridgehead atoms. The molecule has 0 unspecified atom stereocenters. The maximum Gasteiger partial charge on any atom is 0.365 e. The second-order valence-corrected chi connectivity index (χ2v) is 7.82. The fraction of sp³-hybridized carbons (Fsp3) is 0.435. The Bertz CT molecular complexity index is 1010. The van der Waals surface area contributed by atoms with Crippen molar-refractivity contribution in [2.75, 3.05) is 19.6 Å². The van der Waals surface area contributed by atoms with E-state index in [-0.39, 0.29) is 6.10 Å². The van der Waals surface area contributed by atoms with Crippen LogP contribution in [0.3, 0.4) is 0 Å². The first-order valence-corrected chi connectivity index (χ1v) is 10.7. The van der Waals surface area contributed by atoms with E-state index in [1.165, 1.54) is 19.4 Å². The molecule has 0 radical (unpaired) electrons. The van der Waals surface area contributed by atoms with E-state index in [0.29, 0.717) is 16.6 Å². The lowest BCUT2D eigenvalue weighted by Crippen LogP contribution is -2.38. The standard InChI is InChI=1S/C23H28N4O3/c1-3-4-13-26-14-11-19(12-15-26)29-22-10-9-18(16-17(22)2)23(28)30-27-21-8-6-5-7-20(21)24-25-27/h5-10,16,19H,3-4,11-15H2,1-2H3. The Kier molecular flexibility index (Phi) is 6.28. The zero-order valence-electron chi connectivity index (χ0n) is 17.6. The van der Waals surface area contributed by atoms with Gasteiger partial charge in [-0.05, 0) is 73.8 Å². The smallest absolute Gasteiger partial charge is 0.365 e. The molecule has 0 amide bonds. The fourth-order valence-corrected chi connectivity index (χ4v) is 3.77. The van der Waals surface area contributed by atoms with E-state index in [1.54, 1.807) is 18.2 Å². The molecular weight excluding hydrogens is 380 g/mol. The average molecular weight is 409 g/mol. The van der Waals surface area contributed by atoms with Crippen molar-refractivity contribution in [2.24, 2.45) is 0 Å². The Balaban J connectivity index is 1.36. The van der Waals surface area contributed by atoms with Crippen LogP contribution in [-0.4, -0.2) is 51.8 Å². The molecule has 0 aliphatic carbocycles. The van der Waals surface area contributed by atoms with Gasteiger partial charge in [-0.15, -0.1) is 5.10 Å². The summed E-state index contributed by atoms with van der Waals surface area (Å²) in [4.78, 5) is 21.6. The molecule has 30 heavy (non-hydrogen) atoms. The molecule has 1 fully saturated rings. The second kappa shape index (κ2) is 9.26. The first kappa shape index (κ1) is 20.3. The van der Waals surface area contributed by atoms with Crippen LogP contribution in [0.2, 0.25) is 0 Å². The number of piperidine rings is 1. The largest absolute Gasteiger partial charge is 0.490 e. The van der Waals surface area contributed by atoms with E-state index in [1.807, 2.05) is 31.2 Å². The van der Waals surface area contributed by atoms with Crippen molar-refractivity contribution in [3.05, 3.63) is 53.6 Å². The van der Waals surface area contributed by atoms with Crippen molar-refractivity contribution >= 4 is 17.0 Å². The summed E-state index contributed by atoms with van der Waals surface area (Å²) in [6.07, 6.45) is 4.78. The maximum atomic E-state index is 12.6. The molecule has 158 valence electrons. The number of likely N-dealkylation sites (tertiary alicyclic amines) is 1. The monoisotopic (exact) mass is 408 g/mol. The maximum absolute atomic E-state index is 12.6. The van der Waals surface area contributed by atoms with E-state index in [9.17, 15) is 4.79 Å². The van der Waals surface area contributed by atoms with Gasteiger partial charge in [0.1, 0.15) is 22.9 Å². The molecule has 7 nitrogen and oxygen atoms in total. The van der Waals surface area contributed by atoms with Gasteiger partial charge in [0.25, 0.3) is 0 Å².